The highest BCUT2D eigenvalue weighted by molar-refractivity contribution is 6.00. The lowest BCUT2D eigenvalue weighted by Crippen LogP contribution is -2.25. The summed E-state index contributed by atoms with van der Waals surface area (Å²) in [4.78, 5) is 17.1. The van der Waals surface area contributed by atoms with Gasteiger partial charge in [0.2, 0.25) is 0 Å². The molecule has 0 aliphatic rings. The third-order valence-corrected chi connectivity index (χ3v) is 5.05. The molecule has 0 fully saturated rings. The molecule has 6 nitrogen and oxygen atoms in total. The maximum absolute atomic E-state index is 13.0. The van der Waals surface area contributed by atoms with Gasteiger partial charge < -0.3 is 9.88 Å². The van der Waals surface area contributed by atoms with Crippen molar-refractivity contribution < 1.29 is 4.79 Å². The Balaban J connectivity index is 1.59. The Morgan fingerprint density at radius 1 is 1.10 bits per heavy atom. The molecule has 30 heavy (non-hydrogen) atoms. The molecule has 2 aromatic heterocycles. The fourth-order valence-corrected chi connectivity index (χ4v) is 3.51. The molecule has 0 aliphatic carbocycles. The summed E-state index contributed by atoms with van der Waals surface area (Å²) in [5, 5.41) is 7.82. The van der Waals surface area contributed by atoms with Crippen LogP contribution in [-0.2, 0) is 6.54 Å². The normalized spacial score (nSPS) is 10.9. The van der Waals surface area contributed by atoms with E-state index in [0.717, 1.165) is 29.8 Å². The first-order valence-corrected chi connectivity index (χ1v) is 10.1. The SMILES string of the molecule is Cc1ccc(-c2nn(-c3ccccc3)cc2C(=O)NCCCn2ccnc2)c(C)c1. The average molecular weight is 399 g/mol. The van der Waals surface area contributed by atoms with Crippen LogP contribution in [0.4, 0.5) is 0 Å². The summed E-state index contributed by atoms with van der Waals surface area (Å²) < 4.78 is 3.77. The minimum absolute atomic E-state index is 0.113. The van der Waals surface area contributed by atoms with E-state index in [9.17, 15) is 4.79 Å². The molecule has 0 bridgehead atoms. The number of imidazole rings is 1. The highest BCUT2D eigenvalue weighted by Crippen LogP contribution is 2.27. The van der Waals surface area contributed by atoms with Gasteiger partial charge in [0.15, 0.2) is 0 Å². The van der Waals surface area contributed by atoms with E-state index in [1.807, 2.05) is 53.4 Å². The van der Waals surface area contributed by atoms with Gasteiger partial charge in [-0.05, 0) is 38.0 Å². The number of nitrogens with one attached hydrogen (secondary N) is 1. The number of hydrogen-bond donors (Lipinski definition) is 1. The van der Waals surface area contributed by atoms with E-state index in [-0.39, 0.29) is 5.91 Å². The number of aromatic nitrogens is 4. The molecule has 1 N–H and O–H groups in total. The molecule has 4 aromatic rings. The van der Waals surface area contributed by atoms with Gasteiger partial charge in [0.25, 0.3) is 5.91 Å². The fraction of sp³-hybridized carbons (Fsp3) is 0.208. The van der Waals surface area contributed by atoms with Crippen LogP contribution in [0.3, 0.4) is 0 Å². The molecule has 2 aromatic carbocycles. The molecule has 4 rings (SSSR count). The Bertz CT molecular complexity index is 1130. The first-order valence-electron chi connectivity index (χ1n) is 10.1. The molecule has 0 saturated carbocycles. The predicted octanol–water partition coefficient (Wildman–Crippen LogP) is 4.17. The lowest BCUT2D eigenvalue weighted by molar-refractivity contribution is 0.0953. The number of carbonyl (C=O) groups is 1. The van der Waals surface area contributed by atoms with Crippen molar-refractivity contribution >= 4 is 5.91 Å². The van der Waals surface area contributed by atoms with Crippen LogP contribution < -0.4 is 5.32 Å². The van der Waals surface area contributed by atoms with Crippen molar-refractivity contribution in [1.82, 2.24) is 24.6 Å². The molecular weight excluding hydrogens is 374 g/mol. The van der Waals surface area contributed by atoms with Crippen molar-refractivity contribution in [2.45, 2.75) is 26.8 Å². The number of para-hydroxylation sites is 1. The molecule has 0 unspecified atom stereocenters. The number of amides is 1. The van der Waals surface area contributed by atoms with E-state index < -0.39 is 0 Å². The van der Waals surface area contributed by atoms with E-state index in [1.54, 1.807) is 17.2 Å². The van der Waals surface area contributed by atoms with Crippen molar-refractivity contribution in [3.8, 4) is 16.9 Å². The fourth-order valence-electron chi connectivity index (χ4n) is 3.51. The Morgan fingerprint density at radius 3 is 2.67 bits per heavy atom. The van der Waals surface area contributed by atoms with Gasteiger partial charge in [0.05, 0.1) is 17.6 Å². The van der Waals surface area contributed by atoms with Gasteiger partial charge in [-0.25, -0.2) is 9.67 Å². The Morgan fingerprint density at radius 2 is 1.93 bits per heavy atom. The summed E-state index contributed by atoms with van der Waals surface area (Å²) in [6.07, 6.45) is 8.10. The van der Waals surface area contributed by atoms with Gasteiger partial charge in [-0.1, -0.05) is 42.0 Å². The second kappa shape index (κ2) is 8.78. The monoisotopic (exact) mass is 399 g/mol. The number of rotatable bonds is 7. The highest BCUT2D eigenvalue weighted by Gasteiger charge is 2.19. The van der Waals surface area contributed by atoms with Crippen LogP contribution in [0.2, 0.25) is 0 Å². The number of benzene rings is 2. The quantitative estimate of drug-likeness (QED) is 0.474. The van der Waals surface area contributed by atoms with Crippen LogP contribution in [0.25, 0.3) is 16.9 Å². The second-order valence-electron chi connectivity index (χ2n) is 7.40. The van der Waals surface area contributed by atoms with E-state index in [4.69, 9.17) is 5.10 Å². The smallest absolute Gasteiger partial charge is 0.255 e. The summed E-state index contributed by atoms with van der Waals surface area (Å²) in [6, 6.07) is 16.1. The maximum atomic E-state index is 13.0. The molecule has 6 heteroatoms. The summed E-state index contributed by atoms with van der Waals surface area (Å²) >= 11 is 0. The number of aryl methyl sites for hydroxylation is 3. The van der Waals surface area contributed by atoms with Crippen LogP contribution in [0.5, 0.6) is 0 Å². The van der Waals surface area contributed by atoms with Crippen molar-refractivity contribution in [3.63, 3.8) is 0 Å². The zero-order valence-corrected chi connectivity index (χ0v) is 17.2. The lowest BCUT2D eigenvalue weighted by atomic mass is 10.0. The second-order valence-corrected chi connectivity index (χ2v) is 7.40. The van der Waals surface area contributed by atoms with Gasteiger partial charge in [-0.2, -0.15) is 5.10 Å². The van der Waals surface area contributed by atoms with E-state index in [0.29, 0.717) is 17.8 Å². The molecule has 0 saturated heterocycles. The predicted molar refractivity (Wildman–Crippen MR) is 118 cm³/mol. The molecule has 0 spiro atoms. The van der Waals surface area contributed by atoms with Gasteiger partial charge in [-0.3, -0.25) is 4.79 Å². The molecule has 2 heterocycles. The van der Waals surface area contributed by atoms with Crippen LogP contribution in [0.15, 0.2) is 73.4 Å². The van der Waals surface area contributed by atoms with Gasteiger partial charge >= 0.3 is 0 Å². The molecule has 0 radical (unpaired) electrons. The Kier molecular flexibility index (Phi) is 5.75. The molecule has 152 valence electrons. The van der Waals surface area contributed by atoms with E-state index in [1.165, 1.54) is 5.56 Å². The Hall–Kier alpha value is -3.67. The number of nitrogens with zero attached hydrogens (tertiary/aromatic N) is 4. The summed E-state index contributed by atoms with van der Waals surface area (Å²) in [5.41, 5.74) is 5.45. The van der Waals surface area contributed by atoms with E-state index >= 15 is 0 Å². The minimum atomic E-state index is -0.113. The zero-order chi connectivity index (χ0) is 20.9. The van der Waals surface area contributed by atoms with E-state index in [2.05, 4.69) is 36.3 Å². The standard InChI is InChI=1S/C24H25N5O/c1-18-9-10-21(19(2)15-18)23-22(16-29(27-23)20-7-4-3-5-8-20)24(30)26-11-6-13-28-14-12-25-17-28/h3-5,7-10,12,14-17H,6,11,13H2,1-2H3,(H,26,30). The largest absolute Gasteiger partial charge is 0.352 e. The summed E-state index contributed by atoms with van der Waals surface area (Å²) in [6.45, 7) is 5.51. The Labute approximate surface area is 176 Å². The van der Waals surface area contributed by atoms with Gasteiger partial charge in [0.1, 0.15) is 5.69 Å². The number of carbonyl (C=O) groups excluding carboxylic acids is 1. The van der Waals surface area contributed by atoms with Crippen molar-refractivity contribution in [3.05, 3.63) is 90.1 Å². The van der Waals surface area contributed by atoms with Crippen LogP contribution >= 0.6 is 0 Å². The summed E-state index contributed by atoms with van der Waals surface area (Å²) in [5.74, 6) is -0.113. The first-order chi connectivity index (χ1) is 14.6. The molecular formula is C24H25N5O. The van der Waals surface area contributed by atoms with Crippen LogP contribution in [0, 0.1) is 13.8 Å². The van der Waals surface area contributed by atoms with Gasteiger partial charge in [0, 0.05) is 37.2 Å². The molecule has 1 amide bonds. The topological polar surface area (TPSA) is 64.7 Å². The highest BCUT2D eigenvalue weighted by atomic mass is 16.1. The van der Waals surface area contributed by atoms with Gasteiger partial charge in [-0.15, -0.1) is 0 Å². The lowest BCUT2D eigenvalue weighted by Gasteiger charge is -2.08. The third-order valence-electron chi connectivity index (χ3n) is 5.05. The van der Waals surface area contributed by atoms with Crippen molar-refractivity contribution in [1.29, 1.82) is 0 Å². The number of hydrogen-bond acceptors (Lipinski definition) is 3. The third kappa shape index (κ3) is 4.33. The average Bonchev–Trinajstić information content (AvgIpc) is 3.42. The minimum Gasteiger partial charge on any atom is -0.352 e. The first kappa shape index (κ1) is 19.6. The van der Waals surface area contributed by atoms with Crippen molar-refractivity contribution in [2.24, 2.45) is 0 Å². The van der Waals surface area contributed by atoms with Crippen LogP contribution in [-0.4, -0.2) is 31.8 Å². The molecule has 0 atom stereocenters. The van der Waals surface area contributed by atoms with Crippen molar-refractivity contribution in [2.75, 3.05) is 6.54 Å². The summed E-state index contributed by atoms with van der Waals surface area (Å²) in [7, 11) is 0. The maximum Gasteiger partial charge on any atom is 0.255 e. The zero-order valence-electron chi connectivity index (χ0n) is 17.2. The van der Waals surface area contributed by atoms with Crippen LogP contribution in [0.1, 0.15) is 27.9 Å². The molecule has 0 aliphatic heterocycles.